The zero-order valence-electron chi connectivity index (χ0n) is 15.9. The molecule has 1 aliphatic carbocycles. The summed E-state index contributed by atoms with van der Waals surface area (Å²) in [5.74, 6) is 2.67. The van der Waals surface area contributed by atoms with E-state index in [2.05, 4.69) is 35.1 Å². The molecule has 1 atom stereocenters. The molecule has 5 rings (SSSR count). The van der Waals surface area contributed by atoms with E-state index in [1.807, 2.05) is 30.5 Å². The van der Waals surface area contributed by atoms with Crippen molar-refractivity contribution < 1.29 is 0 Å². The highest BCUT2D eigenvalue weighted by Gasteiger charge is 2.29. The van der Waals surface area contributed by atoms with Crippen molar-refractivity contribution in [2.75, 3.05) is 0 Å². The normalized spacial score (nSPS) is 21.2. The van der Waals surface area contributed by atoms with E-state index in [4.69, 9.17) is 21.6 Å². The quantitative estimate of drug-likeness (QED) is 0.450. The van der Waals surface area contributed by atoms with Crippen molar-refractivity contribution in [1.29, 1.82) is 0 Å². The number of H-pyrrole nitrogens is 1. The molecule has 28 heavy (non-hydrogen) atoms. The van der Waals surface area contributed by atoms with Gasteiger partial charge in [-0.05, 0) is 74.1 Å². The number of nitrogens with zero attached hydrogens (tertiary/aromatic N) is 3. The number of benzene rings is 1. The molecule has 1 fully saturated rings. The number of nitrogens with one attached hydrogen (secondary N) is 1. The zero-order valence-corrected chi connectivity index (χ0v) is 16.7. The summed E-state index contributed by atoms with van der Waals surface area (Å²) in [5.41, 5.74) is 4.07. The van der Waals surface area contributed by atoms with Crippen LogP contribution in [0, 0.1) is 5.92 Å². The molecule has 1 aromatic carbocycles. The van der Waals surface area contributed by atoms with Crippen molar-refractivity contribution in [2.45, 2.75) is 44.4 Å². The lowest BCUT2D eigenvalue weighted by Crippen LogP contribution is -2.19. The third-order valence-electron chi connectivity index (χ3n) is 6.28. The lowest BCUT2D eigenvalue weighted by Gasteiger charge is -2.31. The van der Waals surface area contributed by atoms with Crippen molar-refractivity contribution in [3.8, 4) is 0 Å². The minimum Gasteiger partial charge on any atom is -0.342 e. The Kier molecular flexibility index (Phi) is 4.52. The fraction of sp³-hybridized carbons (Fsp3) is 0.348. The molecule has 1 saturated carbocycles. The fourth-order valence-corrected chi connectivity index (χ4v) is 4.72. The van der Waals surface area contributed by atoms with Crippen molar-refractivity contribution in [3.05, 3.63) is 65.2 Å². The molecular formula is C23H23ClN4. The second-order valence-corrected chi connectivity index (χ2v) is 8.41. The molecule has 1 N–H and O–H groups in total. The Morgan fingerprint density at radius 2 is 1.89 bits per heavy atom. The highest BCUT2D eigenvalue weighted by molar-refractivity contribution is 6.31. The summed E-state index contributed by atoms with van der Waals surface area (Å²) in [6, 6.07) is 14.2. The number of hydrogen-bond donors (Lipinski definition) is 1. The number of fused-ring (bicyclic) bond motifs is 2. The first kappa shape index (κ1) is 17.6. The first-order valence-electron chi connectivity index (χ1n) is 10.0. The summed E-state index contributed by atoms with van der Waals surface area (Å²) in [7, 11) is 0. The zero-order chi connectivity index (χ0) is 19.1. The number of rotatable bonds is 3. The number of hydrogen-bond acceptors (Lipinski definition) is 3. The second kappa shape index (κ2) is 7.17. The third kappa shape index (κ3) is 3.26. The molecule has 1 aliphatic rings. The van der Waals surface area contributed by atoms with Crippen LogP contribution in [0.25, 0.3) is 22.1 Å². The molecule has 4 nitrogen and oxygen atoms in total. The van der Waals surface area contributed by atoms with E-state index in [1.165, 1.54) is 31.4 Å². The molecule has 1 unspecified atom stereocenters. The molecule has 0 bridgehead atoms. The van der Waals surface area contributed by atoms with Crippen LogP contribution in [0.5, 0.6) is 0 Å². The highest BCUT2D eigenvalue weighted by atomic mass is 35.5. The fourth-order valence-electron chi connectivity index (χ4n) is 4.55. The van der Waals surface area contributed by atoms with Gasteiger partial charge >= 0.3 is 0 Å². The maximum atomic E-state index is 6.11. The first-order valence-corrected chi connectivity index (χ1v) is 10.4. The summed E-state index contributed by atoms with van der Waals surface area (Å²) < 4.78 is 0. The minimum atomic E-state index is 0.415. The van der Waals surface area contributed by atoms with Gasteiger partial charge in [0.1, 0.15) is 5.82 Å². The molecule has 3 aromatic heterocycles. The monoisotopic (exact) mass is 390 g/mol. The van der Waals surface area contributed by atoms with Crippen molar-refractivity contribution in [2.24, 2.45) is 5.92 Å². The summed E-state index contributed by atoms with van der Waals surface area (Å²) >= 11 is 6.11. The van der Waals surface area contributed by atoms with Gasteiger partial charge in [0.2, 0.25) is 0 Å². The van der Waals surface area contributed by atoms with Gasteiger partial charge in [-0.1, -0.05) is 18.5 Å². The number of halogens is 1. The van der Waals surface area contributed by atoms with E-state index < -0.39 is 0 Å². The van der Waals surface area contributed by atoms with Crippen LogP contribution in [0.15, 0.2) is 48.7 Å². The highest BCUT2D eigenvalue weighted by Crippen LogP contribution is 2.41. The molecule has 142 valence electrons. The minimum absolute atomic E-state index is 0.415. The summed E-state index contributed by atoms with van der Waals surface area (Å²) in [4.78, 5) is 17.5. The number of imidazole rings is 1. The van der Waals surface area contributed by atoms with Gasteiger partial charge in [-0.2, -0.15) is 0 Å². The summed E-state index contributed by atoms with van der Waals surface area (Å²) in [6.45, 7) is 2.29. The van der Waals surface area contributed by atoms with E-state index in [1.54, 1.807) is 0 Å². The average Bonchev–Trinajstić information content (AvgIpc) is 3.16. The first-order chi connectivity index (χ1) is 13.7. The Morgan fingerprint density at radius 3 is 2.75 bits per heavy atom. The Morgan fingerprint density at radius 1 is 1.04 bits per heavy atom. The van der Waals surface area contributed by atoms with Gasteiger partial charge in [0.05, 0.1) is 11.0 Å². The van der Waals surface area contributed by atoms with E-state index in [0.29, 0.717) is 17.8 Å². The summed E-state index contributed by atoms with van der Waals surface area (Å²) in [5, 5.41) is 1.85. The van der Waals surface area contributed by atoms with E-state index in [0.717, 1.165) is 32.9 Å². The maximum absolute atomic E-state index is 6.11. The van der Waals surface area contributed by atoms with Crippen LogP contribution in [0.2, 0.25) is 5.02 Å². The molecule has 5 heteroatoms. The van der Waals surface area contributed by atoms with Gasteiger partial charge in [-0.15, -0.1) is 0 Å². The Balaban J connectivity index is 1.30. The molecule has 0 radical (unpaired) electrons. The number of aromatic nitrogens is 4. The largest absolute Gasteiger partial charge is 0.342 e. The predicted octanol–water partition coefficient (Wildman–Crippen LogP) is 6.24. The molecule has 0 saturated heterocycles. The van der Waals surface area contributed by atoms with Crippen LogP contribution >= 0.6 is 11.6 Å². The maximum Gasteiger partial charge on any atom is 0.159 e. The average molecular weight is 391 g/mol. The molecular weight excluding hydrogens is 368 g/mol. The Labute approximate surface area is 169 Å². The van der Waals surface area contributed by atoms with Gasteiger partial charge in [0.15, 0.2) is 5.65 Å². The van der Waals surface area contributed by atoms with Gasteiger partial charge in [-0.25, -0.2) is 15.0 Å². The van der Waals surface area contributed by atoms with E-state index in [-0.39, 0.29) is 0 Å². The van der Waals surface area contributed by atoms with Gasteiger partial charge < -0.3 is 4.98 Å². The van der Waals surface area contributed by atoms with Crippen molar-refractivity contribution in [1.82, 2.24) is 19.9 Å². The Hall–Kier alpha value is -2.46. The lowest BCUT2D eigenvalue weighted by atomic mass is 9.75. The molecule has 4 aromatic rings. The lowest BCUT2D eigenvalue weighted by molar-refractivity contribution is 0.284. The van der Waals surface area contributed by atoms with Gasteiger partial charge in [0, 0.05) is 34.1 Å². The molecule has 3 heterocycles. The van der Waals surface area contributed by atoms with Crippen LogP contribution in [-0.2, 0) is 0 Å². The smallest absolute Gasteiger partial charge is 0.159 e. The van der Waals surface area contributed by atoms with E-state index in [9.17, 15) is 0 Å². The standard InChI is InChI=1S/C23H23ClN4/c1-14(22-27-20-11-9-18(24)13-21(20)28-22)15-4-6-16(7-5-15)19-10-8-17-3-2-12-25-23(17)26-19/h2-3,8-16H,4-7H2,1H3,(H,27,28). The molecule has 0 aliphatic heterocycles. The third-order valence-corrected chi connectivity index (χ3v) is 6.51. The van der Waals surface area contributed by atoms with Gasteiger partial charge in [0.25, 0.3) is 0 Å². The molecule has 0 amide bonds. The predicted molar refractivity (Wildman–Crippen MR) is 114 cm³/mol. The number of aromatic amines is 1. The van der Waals surface area contributed by atoms with Crippen molar-refractivity contribution in [3.63, 3.8) is 0 Å². The van der Waals surface area contributed by atoms with Crippen LogP contribution in [0.1, 0.15) is 56.0 Å². The van der Waals surface area contributed by atoms with E-state index >= 15 is 0 Å². The van der Waals surface area contributed by atoms with Crippen LogP contribution in [-0.4, -0.2) is 19.9 Å². The molecule has 0 spiro atoms. The van der Waals surface area contributed by atoms with Crippen LogP contribution < -0.4 is 0 Å². The van der Waals surface area contributed by atoms with Gasteiger partial charge in [-0.3, -0.25) is 0 Å². The summed E-state index contributed by atoms with van der Waals surface area (Å²) in [6.07, 6.45) is 6.56. The second-order valence-electron chi connectivity index (χ2n) is 7.97. The van der Waals surface area contributed by atoms with Crippen molar-refractivity contribution >= 4 is 33.7 Å². The van der Waals surface area contributed by atoms with Crippen LogP contribution in [0.3, 0.4) is 0 Å². The number of pyridine rings is 2. The SMILES string of the molecule is CC(c1nc2ccc(Cl)cc2[nH]1)C1CCC(c2ccc3cccnc3n2)CC1. The Bertz CT molecular complexity index is 1130. The van der Waals surface area contributed by atoms with Crippen LogP contribution in [0.4, 0.5) is 0 Å². The topological polar surface area (TPSA) is 54.5 Å².